The van der Waals surface area contributed by atoms with Crippen molar-refractivity contribution in [2.24, 2.45) is 0 Å². The summed E-state index contributed by atoms with van der Waals surface area (Å²) in [6, 6.07) is 7.97. The topological polar surface area (TPSA) is 40.6 Å². The Labute approximate surface area is 137 Å². The number of hydrogen-bond donors (Lipinski definition) is 0. The Morgan fingerprint density at radius 2 is 1.68 bits per heavy atom. The van der Waals surface area contributed by atoms with Crippen molar-refractivity contribution >= 4 is 51.0 Å². The molecule has 1 aromatic carbocycles. The molecule has 0 bridgehead atoms. The average Bonchev–Trinajstić information content (AvgIpc) is 2.25. The van der Waals surface area contributed by atoms with E-state index in [9.17, 15) is 12.8 Å². The largest absolute Gasteiger partial charge is 0.324 e. The van der Waals surface area contributed by atoms with Gasteiger partial charge in [0.25, 0.3) is 0 Å². The summed E-state index contributed by atoms with van der Waals surface area (Å²) in [7, 11) is -1.25. The molecule has 0 amide bonds. The van der Waals surface area contributed by atoms with E-state index in [0.29, 0.717) is 0 Å². The molecule has 19 heavy (non-hydrogen) atoms. The smallest absolute Gasteiger partial charge is 0.194 e. The molecular formula is C9H11Cl2CuFN2O2S2. The van der Waals surface area contributed by atoms with E-state index >= 15 is 0 Å². The van der Waals surface area contributed by atoms with Gasteiger partial charge in [0, 0.05) is 43.1 Å². The number of benzene rings is 1. The summed E-state index contributed by atoms with van der Waals surface area (Å²) < 4.78 is 36.3. The van der Waals surface area contributed by atoms with Crippen LogP contribution in [-0.4, -0.2) is 30.7 Å². The van der Waals surface area contributed by atoms with E-state index in [1.807, 2.05) is 0 Å². The van der Waals surface area contributed by atoms with Crippen LogP contribution < -0.4 is 3.71 Å². The van der Waals surface area contributed by atoms with Crippen LogP contribution in [0.15, 0.2) is 30.3 Å². The zero-order chi connectivity index (χ0) is 14.0. The molecule has 0 unspecified atom stereocenters. The number of hydrogen-bond acceptors (Lipinski definition) is 3. The minimum Gasteiger partial charge on any atom is -0.194 e. The van der Waals surface area contributed by atoms with Crippen LogP contribution in [0, 0.1) is 0 Å². The summed E-state index contributed by atoms with van der Waals surface area (Å²) in [4.78, 5) is 0. The van der Waals surface area contributed by atoms with E-state index in [1.165, 1.54) is 26.2 Å². The fourth-order valence-electron chi connectivity index (χ4n) is 1.03. The van der Waals surface area contributed by atoms with E-state index in [-0.39, 0.29) is 34.7 Å². The monoisotopic (exact) mass is 395 g/mol. The van der Waals surface area contributed by atoms with E-state index < -0.39 is 14.1 Å². The van der Waals surface area contributed by atoms with Crippen LogP contribution in [0.3, 0.4) is 0 Å². The molecule has 0 atom stereocenters. The maximum absolute atomic E-state index is 13.3. The second-order valence-electron chi connectivity index (χ2n) is 3.39. The van der Waals surface area contributed by atoms with Gasteiger partial charge in [0.15, 0.2) is 0 Å². The number of rotatable bonds is 5. The molecule has 0 fully saturated rings. The molecule has 113 valence electrons. The SMILES string of the molecule is CN(C)S(=O)(=O)N(SC(F)(Cl)Cl)c1ccccc1.[Cu]. The molecule has 0 saturated heterocycles. The van der Waals surface area contributed by atoms with Crippen LogP contribution in [0.2, 0.25) is 0 Å². The van der Waals surface area contributed by atoms with E-state index in [4.69, 9.17) is 23.2 Å². The summed E-state index contributed by atoms with van der Waals surface area (Å²) in [6.07, 6.45) is 0. The van der Waals surface area contributed by atoms with Gasteiger partial charge in [-0.3, -0.25) is 0 Å². The molecule has 0 aromatic heterocycles. The summed E-state index contributed by atoms with van der Waals surface area (Å²) >= 11 is 10.6. The number of nitrogens with zero attached hydrogens (tertiary/aromatic N) is 2. The van der Waals surface area contributed by atoms with Crippen molar-refractivity contribution in [1.29, 1.82) is 0 Å². The second kappa shape index (κ2) is 7.36. The first-order valence-electron chi connectivity index (χ1n) is 4.68. The zero-order valence-corrected chi connectivity index (χ0v) is 13.9. The maximum atomic E-state index is 13.3. The standard InChI is InChI=1S/C9H11Cl2FN2O2S2.Cu/c1-13(2)18(15,16)14(17-9(10,11)12)8-6-4-3-5-7-8;/h3-7H,1-2H3;. The van der Waals surface area contributed by atoms with Gasteiger partial charge in [-0.2, -0.15) is 20.8 Å². The number of alkyl halides is 3. The van der Waals surface area contributed by atoms with Crippen molar-refractivity contribution in [3.8, 4) is 0 Å². The van der Waals surface area contributed by atoms with Gasteiger partial charge in [0.2, 0.25) is 0 Å². The first-order chi connectivity index (χ1) is 8.14. The molecule has 0 heterocycles. The first-order valence-corrected chi connectivity index (χ1v) is 7.61. The normalized spacial score (nSPS) is 12.1. The Hall–Kier alpha value is 0.309. The summed E-state index contributed by atoms with van der Waals surface area (Å²) in [6.45, 7) is 0. The fraction of sp³-hybridized carbons (Fsp3) is 0.333. The molecule has 0 N–H and O–H groups in total. The molecule has 1 aromatic rings. The van der Waals surface area contributed by atoms with Gasteiger partial charge in [0.1, 0.15) is 0 Å². The summed E-state index contributed by atoms with van der Waals surface area (Å²) in [5.74, 6) is 0. The average molecular weight is 397 g/mol. The minimum absolute atomic E-state index is 0. The van der Waals surface area contributed by atoms with Crippen molar-refractivity contribution in [2.75, 3.05) is 17.8 Å². The minimum atomic E-state index is -3.90. The second-order valence-corrected chi connectivity index (χ2v) is 8.41. The van der Waals surface area contributed by atoms with E-state index in [0.717, 1.165) is 8.02 Å². The third kappa shape index (κ3) is 5.67. The van der Waals surface area contributed by atoms with Crippen molar-refractivity contribution in [1.82, 2.24) is 4.31 Å². The van der Waals surface area contributed by atoms with Crippen LogP contribution in [-0.2, 0) is 27.3 Å². The van der Waals surface area contributed by atoms with Gasteiger partial charge in [-0.05, 0) is 12.1 Å². The van der Waals surface area contributed by atoms with Gasteiger partial charge >= 0.3 is 14.1 Å². The van der Waals surface area contributed by atoms with Gasteiger partial charge in [-0.15, -0.1) is 0 Å². The van der Waals surface area contributed by atoms with Gasteiger partial charge in [-0.1, -0.05) is 41.4 Å². The van der Waals surface area contributed by atoms with Gasteiger partial charge < -0.3 is 0 Å². The maximum Gasteiger partial charge on any atom is 0.324 e. The van der Waals surface area contributed by atoms with Crippen molar-refractivity contribution in [3.63, 3.8) is 0 Å². The van der Waals surface area contributed by atoms with Crippen molar-refractivity contribution in [3.05, 3.63) is 30.3 Å². The van der Waals surface area contributed by atoms with Gasteiger partial charge in [-0.25, -0.2) is 0 Å². The molecule has 1 rings (SSSR count). The third-order valence-electron chi connectivity index (χ3n) is 1.82. The first kappa shape index (κ1) is 19.3. The molecule has 10 heteroatoms. The molecule has 0 saturated carbocycles. The Kier molecular flexibility index (Phi) is 7.48. The Morgan fingerprint density at radius 1 is 1.21 bits per heavy atom. The summed E-state index contributed by atoms with van der Waals surface area (Å²) in [5.41, 5.74) is 0.250. The van der Waals surface area contributed by atoms with Crippen LogP contribution in [0.25, 0.3) is 0 Å². The molecule has 0 aliphatic rings. The number of para-hydroxylation sites is 1. The Bertz CT molecular complexity index is 497. The predicted octanol–water partition coefficient (Wildman–Crippen LogP) is 3.00. The van der Waals surface area contributed by atoms with Crippen LogP contribution in [0.4, 0.5) is 10.1 Å². The van der Waals surface area contributed by atoms with Crippen molar-refractivity contribution < 1.29 is 29.9 Å². The molecular weight excluding hydrogens is 386 g/mol. The predicted molar refractivity (Wildman–Crippen MR) is 74.7 cm³/mol. The van der Waals surface area contributed by atoms with E-state index in [1.54, 1.807) is 18.2 Å². The molecule has 0 aliphatic carbocycles. The number of halogens is 3. The molecule has 1 radical (unpaired) electrons. The van der Waals surface area contributed by atoms with E-state index in [2.05, 4.69) is 0 Å². The van der Waals surface area contributed by atoms with Crippen molar-refractivity contribution in [2.45, 2.75) is 3.92 Å². The Balaban J connectivity index is 0.00000324. The molecule has 4 nitrogen and oxygen atoms in total. The summed E-state index contributed by atoms with van der Waals surface area (Å²) in [5, 5.41) is 0. The van der Waals surface area contributed by atoms with Crippen LogP contribution in [0.1, 0.15) is 0 Å². The quantitative estimate of drug-likeness (QED) is 0.436. The van der Waals surface area contributed by atoms with Crippen LogP contribution in [0.5, 0.6) is 0 Å². The fourth-order valence-corrected chi connectivity index (χ4v) is 3.87. The van der Waals surface area contributed by atoms with Crippen LogP contribution >= 0.6 is 35.1 Å². The molecule has 0 aliphatic heterocycles. The molecule has 0 spiro atoms. The number of anilines is 1. The zero-order valence-electron chi connectivity index (χ0n) is 9.85. The third-order valence-corrected chi connectivity index (χ3v) is 5.16. The Morgan fingerprint density at radius 3 is 2.05 bits per heavy atom. The van der Waals surface area contributed by atoms with Gasteiger partial charge in [0.05, 0.1) is 5.69 Å².